The van der Waals surface area contributed by atoms with Crippen molar-refractivity contribution < 1.29 is 9.53 Å². The van der Waals surface area contributed by atoms with E-state index in [1.165, 1.54) is 11.3 Å². The van der Waals surface area contributed by atoms with Crippen molar-refractivity contribution in [2.24, 2.45) is 10.8 Å². The van der Waals surface area contributed by atoms with Gasteiger partial charge in [-0.25, -0.2) is 25.6 Å². The number of aliphatic imine (C=N–C) groups is 1. The number of rotatable bonds is 9. The van der Waals surface area contributed by atoms with Crippen molar-refractivity contribution in [2.75, 3.05) is 13.2 Å². The molecular formula is C17H24N6O2S. The molecule has 0 saturated heterocycles. The SMILES string of the molecule is CCCCN(N)C=Nc1nc(-c2cccc(CNC(=O)OCC)n2)cs1. The number of amides is 1. The largest absolute Gasteiger partial charge is 0.450 e. The van der Waals surface area contributed by atoms with Crippen LogP contribution in [0.4, 0.5) is 9.93 Å². The summed E-state index contributed by atoms with van der Waals surface area (Å²) in [7, 11) is 0. The predicted molar refractivity (Wildman–Crippen MR) is 103 cm³/mol. The molecule has 2 heterocycles. The maximum absolute atomic E-state index is 11.4. The Labute approximate surface area is 157 Å². The summed E-state index contributed by atoms with van der Waals surface area (Å²) in [6.07, 6.45) is 3.23. The van der Waals surface area contributed by atoms with Gasteiger partial charge in [0.25, 0.3) is 0 Å². The minimum absolute atomic E-state index is 0.293. The van der Waals surface area contributed by atoms with Gasteiger partial charge in [0, 0.05) is 11.9 Å². The highest BCUT2D eigenvalue weighted by atomic mass is 32.1. The van der Waals surface area contributed by atoms with Crippen LogP contribution in [0, 0.1) is 0 Å². The second-order valence-electron chi connectivity index (χ2n) is 5.44. The number of nitrogens with two attached hydrogens (primary N) is 1. The molecule has 0 aliphatic heterocycles. The molecule has 26 heavy (non-hydrogen) atoms. The molecule has 0 saturated carbocycles. The molecule has 0 aliphatic carbocycles. The van der Waals surface area contributed by atoms with Crippen LogP contribution in [-0.4, -0.2) is 40.6 Å². The van der Waals surface area contributed by atoms with E-state index in [0.717, 1.165) is 36.5 Å². The molecule has 0 bridgehead atoms. The summed E-state index contributed by atoms with van der Waals surface area (Å²) in [4.78, 5) is 24.6. The lowest BCUT2D eigenvalue weighted by Crippen LogP contribution is -2.30. The first-order chi connectivity index (χ1) is 12.6. The smallest absolute Gasteiger partial charge is 0.407 e. The number of hydrazine groups is 1. The highest BCUT2D eigenvalue weighted by Gasteiger charge is 2.07. The Morgan fingerprint density at radius 2 is 2.23 bits per heavy atom. The van der Waals surface area contributed by atoms with Gasteiger partial charge in [0.1, 0.15) is 12.0 Å². The van der Waals surface area contributed by atoms with Gasteiger partial charge in [0.2, 0.25) is 5.13 Å². The van der Waals surface area contributed by atoms with Gasteiger partial charge >= 0.3 is 6.09 Å². The van der Waals surface area contributed by atoms with Crippen molar-refractivity contribution in [1.29, 1.82) is 0 Å². The van der Waals surface area contributed by atoms with E-state index in [1.54, 1.807) is 18.3 Å². The van der Waals surface area contributed by atoms with Crippen LogP contribution in [0.1, 0.15) is 32.4 Å². The fourth-order valence-electron chi connectivity index (χ4n) is 2.03. The van der Waals surface area contributed by atoms with Crippen molar-refractivity contribution >= 4 is 28.9 Å². The second-order valence-corrected chi connectivity index (χ2v) is 6.28. The van der Waals surface area contributed by atoms with Crippen molar-refractivity contribution in [2.45, 2.75) is 33.2 Å². The van der Waals surface area contributed by atoms with Crippen molar-refractivity contribution in [3.05, 3.63) is 29.3 Å². The van der Waals surface area contributed by atoms with E-state index in [2.05, 4.69) is 27.2 Å². The van der Waals surface area contributed by atoms with E-state index >= 15 is 0 Å². The van der Waals surface area contributed by atoms with Crippen LogP contribution < -0.4 is 11.2 Å². The maximum atomic E-state index is 11.4. The molecule has 0 radical (unpaired) electrons. The summed E-state index contributed by atoms with van der Waals surface area (Å²) in [5.41, 5.74) is 2.18. The van der Waals surface area contributed by atoms with Crippen LogP contribution in [-0.2, 0) is 11.3 Å². The van der Waals surface area contributed by atoms with Crippen LogP contribution in [0.2, 0.25) is 0 Å². The third kappa shape index (κ3) is 6.41. The number of carbonyl (C=O) groups is 1. The molecule has 0 atom stereocenters. The zero-order chi connectivity index (χ0) is 18.8. The van der Waals surface area contributed by atoms with E-state index in [4.69, 9.17) is 10.6 Å². The lowest BCUT2D eigenvalue weighted by Gasteiger charge is -2.10. The lowest BCUT2D eigenvalue weighted by molar-refractivity contribution is 0.151. The van der Waals surface area contributed by atoms with Crippen molar-refractivity contribution in [1.82, 2.24) is 20.3 Å². The van der Waals surface area contributed by atoms with Crippen molar-refractivity contribution in [3.63, 3.8) is 0 Å². The number of ether oxygens (including phenoxy) is 1. The van der Waals surface area contributed by atoms with Gasteiger partial charge in [-0.05, 0) is 25.5 Å². The fourth-order valence-corrected chi connectivity index (χ4v) is 2.68. The third-order valence-corrected chi connectivity index (χ3v) is 4.09. The number of hydrogen-bond donors (Lipinski definition) is 2. The van der Waals surface area contributed by atoms with E-state index in [9.17, 15) is 4.79 Å². The molecule has 0 spiro atoms. The number of hydrogen-bond acceptors (Lipinski definition) is 7. The number of aromatic nitrogens is 2. The summed E-state index contributed by atoms with van der Waals surface area (Å²) in [6.45, 7) is 5.26. The van der Waals surface area contributed by atoms with Gasteiger partial charge in [0.15, 0.2) is 0 Å². The Bertz CT molecular complexity index is 734. The molecule has 1 amide bonds. The normalized spacial score (nSPS) is 10.9. The number of unbranched alkanes of at least 4 members (excludes halogenated alkanes) is 1. The summed E-state index contributed by atoms with van der Waals surface area (Å²) in [6, 6.07) is 5.58. The average Bonchev–Trinajstić information content (AvgIpc) is 3.12. The van der Waals surface area contributed by atoms with Gasteiger partial charge in [-0.1, -0.05) is 19.4 Å². The second kappa shape index (κ2) is 10.5. The quantitative estimate of drug-likeness (QED) is 0.301. The standard InChI is InChI=1S/C17H24N6O2S/c1-3-5-9-23(18)12-20-16-22-15(11-26-16)14-8-6-7-13(21-14)10-19-17(24)25-4-2/h6-8,11-12H,3-5,9-10,18H2,1-2H3,(H,19,24). The average molecular weight is 376 g/mol. The Morgan fingerprint density at radius 1 is 1.38 bits per heavy atom. The first-order valence-electron chi connectivity index (χ1n) is 8.50. The summed E-state index contributed by atoms with van der Waals surface area (Å²) in [5, 5.41) is 6.72. The molecule has 9 heteroatoms. The predicted octanol–water partition coefficient (Wildman–Crippen LogP) is 3.09. The zero-order valence-corrected chi connectivity index (χ0v) is 15.8. The lowest BCUT2D eigenvalue weighted by atomic mass is 10.2. The minimum atomic E-state index is -0.459. The molecule has 8 nitrogen and oxygen atoms in total. The molecular weight excluding hydrogens is 352 g/mol. The first kappa shape index (κ1) is 19.8. The van der Waals surface area contributed by atoms with Gasteiger partial charge in [-0.2, -0.15) is 0 Å². The van der Waals surface area contributed by atoms with E-state index in [0.29, 0.717) is 18.3 Å². The Balaban J connectivity index is 1.99. The summed E-state index contributed by atoms with van der Waals surface area (Å²) < 4.78 is 4.83. The third-order valence-electron chi connectivity index (χ3n) is 3.34. The number of nitrogens with zero attached hydrogens (tertiary/aromatic N) is 4. The number of carbonyl (C=O) groups excluding carboxylic acids is 1. The Morgan fingerprint density at radius 3 is 3.00 bits per heavy atom. The summed E-state index contributed by atoms with van der Waals surface area (Å²) in [5.74, 6) is 5.83. The molecule has 0 fully saturated rings. The fraction of sp³-hybridized carbons (Fsp3) is 0.412. The van der Waals surface area contributed by atoms with Crippen LogP contribution in [0.15, 0.2) is 28.6 Å². The molecule has 140 valence electrons. The zero-order valence-electron chi connectivity index (χ0n) is 15.0. The molecule has 3 N–H and O–H groups in total. The summed E-state index contributed by atoms with van der Waals surface area (Å²) >= 11 is 1.42. The molecule has 2 aromatic rings. The molecule has 2 aromatic heterocycles. The number of nitrogens with one attached hydrogen (secondary N) is 1. The monoisotopic (exact) mass is 376 g/mol. The van der Waals surface area contributed by atoms with E-state index in [1.807, 2.05) is 23.6 Å². The van der Waals surface area contributed by atoms with Gasteiger partial charge in [-0.3, -0.25) is 0 Å². The minimum Gasteiger partial charge on any atom is -0.450 e. The van der Waals surface area contributed by atoms with Crippen LogP contribution in [0.3, 0.4) is 0 Å². The number of alkyl carbamates (subject to hydrolysis) is 1. The van der Waals surface area contributed by atoms with Crippen LogP contribution in [0.25, 0.3) is 11.4 Å². The van der Waals surface area contributed by atoms with E-state index in [-0.39, 0.29) is 0 Å². The van der Waals surface area contributed by atoms with Gasteiger partial charge in [0.05, 0.1) is 24.5 Å². The Hall–Kier alpha value is -2.52. The Kier molecular flexibility index (Phi) is 7.97. The van der Waals surface area contributed by atoms with E-state index < -0.39 is 6.09 Å². The van der Waals surface area contributed by atoms with Crippen molar-refractivity contribution in [3.8, 4) is 11.4 Å². The first-order valence-corrected chi connectivity index (χ1v) is 9.38. The van der Waals surface area contributed by atoms with Crippen LogP contribution >= 0.6 is 11.3 Å². The molecule has 0 aliphatic rings. The molecule has 2 rings (SSSR count). The highest BCUT2D eigenvalue weighted by Crippen LogP contribution is 2.25. The van der Waals surface area contributed by atoms with Gasteiger partial charge < -0.3 is 15.1 Å². The molecule has 0 unspecified atom stereocenters. The van der Waals surface area contributed by atoms with Crippen LogP contribution in [0.5, 0.6) is 0 Å². The highest BCUT2D eigenvalue weighted by molar-refractivity contribution is 7.13. The number of thiazole rings is 1. The molecule has 0 aromatic carbocycles. The topological polar surface area (TPSA) is 106 Å². The maximum Gasteiger partial charge on any atom is 0.407 e. The van der Waals surface area contributed by atoms with Gasteiger partial charge in [-0.15, -0.1) is 11.3 Å². The number of pyridine rings is 1.